The Balaban J connectivity index is 1.84. The number of aromatic nitrogens is 1. The third-order valence-corrected chi connectivity index (χ3v) is 5.77. The second kappa shape index (κ2) is 7.27. The van der Waals surface area contributed by atoms with Crippen molar-refractivity contribution < 1.29 is 13.5 Å². The van der Waals surface area contributed by atoms with Crippen LogP contribution in [-0.2, 0) is 10.0 Å². The molecule has 1 unspecified atom stereocenters. The summed E-state index contributed by atoms with van der Waals surface area (Å²) in [7, 11) is -3.96. The molecule has 1 atom stereocenters. The largest absolute Gasteiger partial charge is 0.387 e. The minimum Gasteiger partial charge on any atom is -0.387 e. The minimum atomic E-state index is -3.96. The number of sulfonamides is 1. The molecule has 2 aromatic carbocycles. The van der Waals surface area contributed by atoms with E-state index >= 15 is 0 Å². The Bertz CT molecular complexity index is 1020. The Hall–Kier alpha value is -1.70. The quantitative estimate of drug-likeness (QED) is 0.646. The first-order chi connectivity index (χ1) is 11.9. The van der Waals surface area contributed by atoms with Crippen LogP contribution in [0.25, 0.3) is 10.8 Å². The van der Waals surface area contributed by atoms with Gasteiger partial charge in [-0.3, -0.25) is 0 Å². The van der Waals surface area contributed by atoms with E-state index in [0.29, 0.717) is 5.56 Å². The van der Waals surface area contributed by atoms with Gasteiger partial charge in [-0.15, -0.1) is 0 Å². The molecule has 25 heavy (non-hydrogen) atoms. The molecule has 0 saturated heterocycles. The van der Waals surface area contributed by atoms with E-state index in [9.17, 15) is 13.5 Å². The van der Waals surface area contributed by atoms with Gasteiger partial charge in [0.15, 0.2) is 0 Å². The fourth-order valence-corrected chi connectivity index (χ4v) is 4.23. The Morgan fingerprint density at radius 1 is 1.12 bits per heavy atom. The van der Waals surface area contributed by atoms with Crippen LogP contribution in [0, 0.1) is 0 Å². The van der Waals surface area contributed by atoms with Gasteiger partial charge in [0.25, 0.3) is 0 Å². The van der Waals surface area contributed by atoms with Crippen molar-refractivity contribution in [3.05, 3.63) is 70.5 Å². The number of aliphatic hydroxyl groups excluding tert-OH is 1. The lowest BCUT2D eigenvalue weighted by Gasteiger charge is -2.15. The van der Waals surface area contributed by atoms with Gasteiger partial charge in [0.1, 0.15) is 10.0 Å². The number of aliphatic hydroxyl groups is 1. The summed E-state index contributed by atoms with van der Waals surface area (Å²) in [5.41, 5.74) is 0.635. The zero-order valence-electron chi connectivity index (χ0n) is 12.9. The second-order valence-electron chi connectivity index (χ2n) is 5.38. The molecule has 0 aliphatic heterocycles. The second-order valence-corrected chi connectivity index (χ2v) is 7.91. The van der Waals surface area contributed by atoms with Gasteiger partial charge >= 0.3 is 0 Å². The van der Waals surface area contributed by atoms with Crippen LogP contribution in [0.3, 0.4) is 0 Å². The summed E-state index contributed by atoms with van der Waals surface area (Å²) in [4.78, 5) is 3.49. The van der Waals surface area contributed by atoms with E-state index in [1.807, 2.05) is 36.4 Å². The molecule has 1 aromatic heterocycles. The van der Waals surface area contributed by atoms with Crippen LogP contribution in [0.2, 0.25) is 10.2 Å². The van der Waals surface area contributed by atoms with Crippen molar-refractivity contribution in [1.29, 1.82) is 0 Å². The number of nitrogens with zero attached hydrogens (tertiary/aromatic N) is 1. The molecule has 0 fully saturated rings. The van der Waals surface area contributed by atoms with E-state index in [4.69, 9.17) is 23.2 Å². The van der Waals surface area contributed by atoms with E-state index in [-0.39, 0.29) is 21.6 Å². The number of benzene rings is 2. The van der Waals surface area contributed by atoms with Gasteiger partial charge in [0.2, 0.25) is 10.0 Å². The lowest BCUT2D eigenvalue weighted by molar-refractivity contribution is 0.183. The fraction of sp³-hybridized carbons (Fsp3) is 0.118. The number of rotatable bonds is 5. The van der Waals surface area contributed by atoms with Gasteiger partial charge in [0.05, 0.1) is 11.1 Å². The molecule has 1 heterocycles. The molecule has 2 N–H and O–H groups in total. The standard InChI is InChI=1S/C17H14Cl2N2O3S/c18-12-8-16(17(19)20-9-12)25(23,24)21-10-15(22)14-7-3-5-11-4-1-2-6-13(11)14/h1-9,15,21-22H,10H2. The molecule has 5 nitrogen and oxygen atoms in total. The molecule has 130 valence electrons. The van der Waals surface area contributed by atoms with Gasteiger partial charge in [0, 0.05) is 12.7 Å². The van der Waals surface area contributed by atoms with E-state index in [1.165, 1.54) is 12.3 Å². The SMILES string of the molecule is O=S(=O)(NCC(O)c1cccc2ccccc12)c1cc(Cl)cnc1Cl. The molecule has 0 radical (unpaired) electrons. The zero-order valence-corrected chi connectivity index (χ0v) is 15.2. The molecule has 3 rings (SSSR count). The Labute approximate surface area is 155 Å². The lowest BCUT2D eigenvalue weighted by atomic mass is 10.0. The Morgan fingerprint density at radius 2 is 1.84 bits per heavy atom. The number of halogens is 2. The van der Waals surface area contributed by atoms with Crippen molar-refractivity contribution in [3.63, 3.8) is 0 Å². The minimum absolute atomic E-state index is 0.152. The first-order valence-corrected chi connectivity index (χ1v) is 9.59. The van der Waals surface area contributed by atoms with Crippen molar-refractivity contribution >= 4 is 44.0 Å². The molecule has 0 aliphatic carbocycles. The molecular formula is C17H14Cl2N2O3S. The maximum atomic E-state index is 12.4. The van der Waals surface area contributed by atoms with Gasteiger partial charge in [-0.2, -0.15) is 0 Å². The monoisotopic (exact) mass is 396 g/mol. The third-order valence-electron chi connectivity index (χ3n) is 3.71. The van der Waals surface area contributed by atoms with Crippen molar-refractivity contribution in [3.8, 4) is 0 Å². The summed E-state index contributed by atoms with van der Waals surface area (Å²) in [6.07, 6.45) is 0.236. The zero-order chi connectivity index (χ0) is 18.0. The van der Waals surface area contributed by atoms with E-state index in [0.717, 1.165) is 10.8 Å². The predicted octanol–water partition coefficient (Wildman–Crippen LogP) is 3.55. The van der Waals surface area contributed by atoms with E-state index in [1.54, 1.807) is 6.07 Å². The summed E-state index contributed by atoms with van der Waals surface area (Å²) >= 11 is 11.6. The maximum Gasteiger partial charge on any atom is 0.243 e. The Kier molecular flexibility index (Phi) is 5.27. The van der Waals surface area contributed by atoms with Gasteiger partial charge in [-0.05, 0) is 22.4 Å². The fourth-order valence-electron chi connectivity index (χ4n) is 2.51. The first kappa shape index (κ1) is 18.1. The summed E-state index contributed by atoms with van der Waals surface area (Å²) in [5.74, 6) is 0. The number of hydrogen-bond acceptors (Lipinski definition) is 4. The van der Waals surface area contributed by atoms with Gasteiger partial charge in [-0.1, -0.05) is 65.7 Å². The normalized spacial score (nSPS) is 13.1. The summed E-state index contributed by atoms with van der Waals surface area (Å²) in [6, 6.07) is 14.3. The van der Waals surface area contributed by atoms with Gasteiger partial charge in [-0.25, -0.2) is 18.1 Å². The topological polar surface area (TPSA) is 79.3 Å². The highest BCUT2D eigenvalue weighted by molar-refractivity contribution is 7.89. The number of nitrogens with one attached hydrogen (secondary N) is 1. The van der Waals surface area contributed by atoms with Crippen LogP contribution in [0.4, 0.5) is 0 Å². The average molecular weight is 397 g/mol. The molecular weight excluding hydrogens is 383 g/mol. The van der Waals surface area contributed by atoms with Gasteiger partial charge < -0.3 is 5.11 Å². The molecule has 8 heteroatoms. The van der Waals surface area contributed by atoms with E-state index in [2.05, 4.69) is 9.71 Å². The number of fused-ring (bicyclic) bond motifs is 1. The van der Waals surface area contributed by atoms with Crippen molar-refractivity contribution in [1.82, 2.24) is 9.71 Å². The lowest BCUT2D eigenvalue weighted by Crippen LogP contribution is -2.29. The summed E-state index contributed by atoms with van der Waals surface area (Å²) < 4.78 is 27.1. The predicted molar refractivity (Wildman–Crippen MR) is 98.4 cm³/mol. The highest BCUT2D eigenvalue weighted by Gasteiger charge is 2.21. The highest BCUT2D eigenvalue weighted by Crippen LogP contribution is 2.25. The van der Waals surface area contributed by atoms with Crippen LogP contribution < -0.4 is 4.72 Å². The van der Waals surface area contributed by atoms with Crippen LogP contribution in [0.15, 0.2) is 59.6 Å². The Morgan fingerprint density at radius 3 is 2.64 bits per heavy atom. The third kappa shape index (κ3) is 3.94. The molecule has 3 aromatic rings. The molecule has 0 saturated carbocycles. The molecule has 0 bridgehead atoms. The maximum absolute atomic E-state index is 12.4. The van der Waals surface area contributed by atoms with Crippen LogP contribution in [0.1, 0.15) is 11.7 Å². The molecule has 0 aliphatic rings. The average Bonchev–Trinajstić information content (AvgIpc) is 2.61. The highest BCUT2D eigenvalue weighted by atomic mass is 35.5. The molecule has 0 spiro atoms. The first-order valence-electron chi connectivity index (χ1n) is 7.35. The van der Waals surface area contributed by atoms with Crippen molar-refractivity contribution in [2.45, 2.75) is 11.0 Å². The summed E-state index contributed by atoms with van der Waals surface area (Å²) in [6.45, 7) is -0.209. The van der Waals surface area contributed by atoms with Crippen molar-refractivity contribution in [2.75, 3.05) is 6.54 Å². The van der Waals surface area contributed by atoms with E-state index < -0.39 is 16.1 Å². The van der Waals surface area contributed by atoms with Crippen LogP contribution in [-0.4, -0.2) is 25.1 Å². The summed E-state index contributed by atoms with van der Waals surface area (Å²) in [5, 5.41) is 12.2. The smallest absolute Gasteiger partial charge is 0.243 e. The molecule has 0 amide bonds. The number of pyridine rings is 1. The van der Waals surface area contributed by atoms with Crippen molar-refractivity contribution in [2.24, 2.45) is 0 Å². The van der Waals surface area contributed by atoms with Crippen LogP contribution >= 0.6 is 23.2 Å². The van der Waals surface area contributed by atoms with Crippen LogP contribution in [0.5, 0.6) is 0 Å². The number of hydrogen-bond donors (Lipinski definition) is 2.